The Morgan fingerprint density at radius 1 is 0.351 bits per heavy atom. The van der Waals surface area contributed by atoms with Gasteiger partial charge in [0.25, 0.3) is 0 Å². The van der Waals surface area contributed by atoms with Crippen LogP contribution in [0.15, 0.2) is 84.9 Å². The summed E-state index contributed by atoms with van der Waals surface area (Å²) in [5.74, 6) is 2.25. The van der Waals surface area contributed by atoms with E-state index >= 15 is 0 Å². The molecule has 388 valence electrons. The Kier molecular flexibility index (Phi) is 13.0. The summed E-state index contributed by atoms with van der Waals surface area (Å²) < 4.78 is 0. The summed E-state index contributed by atoms with van der Waals surface area (Å²) in [5, 5.41) is 5.62. The van der Waals surface area contributed by atoms with Crippen molar-refractivity contribution >= 4 is 21.5 Å². The normalized spacial score (nSPS) is 16.8. The van der Waals surface area contributed by atoms with Crippen molar-refractivity contribution in [3.63, 3.8) is 0 Å². The minimum Gasteiger partial charge on any atom is -0.0645 e. The van der Waals surface area contributed by atoms with Gasteiger partial charge in [-0.2, -0.15) is 0 Å². The van der Waals surface area contributed by atoms with Crippen molar-refractivity contribution in [2.45, 2.75) is 234 Å². The average Bonchev–Trinajstić information content (AvgIpc) is 3.91. The van der Waals surface area contributed by atoms with Crippen LogP contribution in [0.1, 0.15) is 268 Å². The lowest BCUT2D eigenvalue weighted by atomic mass is 9.68. The van der Waals surface area contributed by atoms with Crippen molar-refractivity contribution in [1.82, 2.24) is 0 Å². The standard InChI is InChI=1S/C74H92/c1-21-73(22-2)39-71(17,18)59-38-60-70(74(23-3,24-4)40-72(60,19)20)68(69(59)73)52-32-33-54-61-49(52)30-27-31-53(61)66-64(62-55(43(9)10)34-47(41(5)6)35-56(62)44(11)12)50-28-25-26-29-51(50)65(67(54)66)63-57(45(13)14)36-48(42(7)8)37-58(63)46(15)16/h25-38,41-46H,21-24,39-40H2,1-20H3. The summed E-state index contributed by atoms with van der Waals surface area (Å²) in [7, 11) is 0. The lowest BCUT2D eigenvalue weighted by molar-refractivity contribution is 0.323. The van der Waals surface area contributed by atoms with Crippen LogP contribution in [-0.2, 0) is 21.7 Å². The Balaban J connectivity index is 1.46. The molecule has 0 heteroatoms. The molecule has 0 atom stereocenters. The maximum Gasteiger partial charge on any atom is -0.000720 e. The Hall–Kier alpha value is -4.94. The third kappa shape index (κ3) is 7.54. The molecule has 7 aromatic rings. The van der Waals surface area contributed by atoms with Crippen molar-refractivity contribution in [3.05, 3.63) is 141 Å². The van der Waals surface area contributed by atoms with Gasteiger partial charge in [-0.1, -0.05) is 223 Å². The van der Waals surface area contributed by atoms with Crippen LogP contribution in [0, 0.1) is 0 Å². The Morgan fingerprint density at radius 3 is 1.05 bits per heavy atom. The predicted molar refractivity (Wildman–Crippen MR) is 327 cm³/mol. The zero-order chi connectivity index (χ0) is 53.5. The lowest BCUT2D eigenvalue weighted by Gasteiger charge is -2.36. The van der Waals surface area contributed by atoms with E-state index in [2.05, 4.69) is 223 Å². The van der Waals surface area contributed by atoms with E-state index in [1.165, 1.54) is 118 Å². The average molecular weight is 982 g/mol. The number of benzene rings is 7. The largest absolute Gasteiger partial charge is 0.0645 e. The van der Waals surface area contributed by atoms with Gasteiger partial charge >= 0.3 is 0 Å². The Morgan fingerprint density at radius 2 is 0.703 bits per heavy atom. The highest BCUT2D eigenvalue weighted by molar-refractivity contribution is 6.29. The molecule has 0 N–H and O–H groups in total. The van der Waals surface area contributed by atoms with E-state index in [4.69, 9.17) is 0 Å². The summed E-state index contributed by atoms with van der Waals surface area (Å²) in [5.41, 5.74) is 30.3. The molecular weight excluding hydrogens is 889 g/mol. The fourth-order valence-corrected chi connectivity index (χ4v) is 15.9. The Labute approximate surface area is 449 Å². The highest BCUT2D eigenvalue weighted by Gasteiger charge is 2.54. The van der Waals surface area contributed by atoms with Crippen LogP contribution in [0.2, 0.25) is 0 Å². The van der Waals surface area contributed by atoms with Crippen LogP contribution in [-0.4, -0.2) is 0 Å². The maximum absolute atomic E-state index is 2.76. The van der Waals surface area contributed by atoms with Gasteiger partial charge in [0.2, 0.25) is 0 Å². The molecule has 10 rings (SSSR count). The van der Waals surface area contributed by atoms with E-state index in [1.54, 1.807) is 27.8 Å². The van der Waals surface area contributed by atoms with Crippen LogP contribution in [0.5, 0.6) is 0 Å². The van der Waals surface area contributed by atoms with Crippen molar-refractivity contribution < 1.29 is 0 Å². The van der Waals surface area contributed by atoms with Crippen LogP contribution in [0.3, 0.4) is 0 Å². The van der Waals surface area contributed by atoms with Crippen molar-refractivity contribution in [2.24, 2.45) is 0 Å². The number of rotatable bonds is 13. The molecule has 3 aliphatic rings. The third-order valence-electron chi connectivity index (χ3n) is 19.9. The molecule has 0 nitrogen and oxygen atoms in total. The van der Waals surface area contributed by atoms with Gasteiger partial charge in [0.1, 0.15) is 0 Å². The van der Waals surface area contributed by atoms with E-state index < -0.39 is 0 Å². The first-order valence-electron chi connectivity index (χ1n) is 29.7. The van der Waals surface area contributed by atoms with Gasteiger partial charge in [-0.25, -0.2) is 0 Å². The molecule has 74 heavy (non-hydrogen) atoms. The first-order chi connectivity index (χ1) is 34.9. The first-order valence-corrected chi connectivity index (χ1v) is 29.7. The molecule has 0 unspecified atom stereocenters. The zero-order valence-electron chi connectivity index (χ0n) is 49.8. The number of hydrogen-bond donors (Lipinski definition) is 0. The summed E-state index contributed by atoms with van der Waals surface area (Å²) in [6.07, 6.45) is 7.03. The highest BCUT2D eigenvalue weighted by atomic mass is 14.6. The molecule has 0 aromatic heterocycles. The molecule has 0 aliphatic heterocycles. The van der Waals surface area contributed by atoms with Crippen LogP contribution >= 0.6 is 0 Å². The van der Waals surface area contributed by atoms with E-state index in [-0.39, 0.29) is 21.7 Å². The number of fused-ring (bicyclic) bond motifs is 6. The second-order valence-corrected chi connectivity index (χ2v) is 27.2. The minimum absolute atomic E-state index is 0.0840. The maximum atomic E-state index is 2.76. The molecule has 0 radical (unpaired) electrons. The van der Waals surface area contributed by atoms with Crippen molar-refractivity contribution in [3.8, 4) is 55.6 Å². The van der Waals surface area contributed by atoms with Crippen LogP contribution in [0.4, 0.5) is 0 Å². The van der Waals surface area contributed by atoms with Gasteiger partial charge in [-0.3, -0.25) is 0 Å². The third-order valence-corrected chi connectivity index (χ3v) is 19.9. The highest BCUT2D eigenvalue weighted by Crippen LogP contribution is 2.66. The predicted octanol–water partition coefficient (Wildman–Crippen LogP) is 22.9. The second-order valence-electron chi connectivity index (χ2n) is 27.2. The molecule has 0 bridgehead atoms. The monoisotopic (exact) mass is 981 g/mol. The molecule has 0 fully saturated rings. The molecule has 0 amide bonds. The van der Waals surface area contributed by atoms with Crippen molar-refractivity contribution in [1.29, 1.82) is 0 Å². The molecule has 0 saturated carbocycles. The molecule has 0 saturated heterocycles. The minimum atomic E-state index is 0.0840. The quantitative estimate of drug-likeness (QED) is 0.108. The second kappa shape index (κ2) is 18.4. The summed E-state index contributed by atoms with van der Waals surface area (Å²) in [4.78, 5) is 0. The van der Waals surface area contributed by atoms with E-state index in [1.807, 2.05) is 0 Å². The van der Waals surface area contributed by atoms with Gasteiger partial charge < -0.3 is 0 Å². The molecule has 0 spiro atoms. The van der Waals surface area contributed by atoms with E-state index in [0.29, 0.717) is 35.5 Å². The summed E-state index contributed by atoms with van der Waals surface area (Å²) in [6.45, 7) is 49.2. The first kappa shape index (κ1) is 52.5. The molecular formula is C74H92. The van der Waals surface area contributed by atoms with Gasteiger partial charge in [0, 0.05) is 0 Å². The van der Waals surface area contributed by atoms with Gasteiger partial charge in [0.05, 0.1) is 0 Å². The fourth-order valence-electron chi connectivity index (χ4n) is 15.9. The Bertz CT molecular complexity index is 3130. The topological polar surface area (TPSA) is 0 Å². The smallest absolute Gasteiger partial charge is 0.000720 e. The van der Waals surface area contributed by atoms with E-state index in [9.17, 15) is 0 Å². The number of hydrogen-bond acceptors (Lipinski definition) is 0. The summed E-state index contributed by atoms with van der Waals surface area (Å²) >= 11 is 0. The van der Waals surface area contributed by atoms with Gasteiger partial charge in [-0.15, -0.1) is 0 Å². The fraction of sp³-hybridized carbons (Fsp3) is 0.486. The summed E-state index contributed by atoms with van der Waals surface area (Å²) in [6, 6.07) is 35.6. The zero-order valence-corrected chi connectivity index (χ0v) is 49.8. The van der Waals surface area contributed by atoms with Gasteiger partial charge in [-0.05, 0) is 229 Å². The molecule has 0 heterocycles. The molecule has 7 aromatic carbocycles. The lowest BCUT2D eigenvalue weighted by Crippen LogP contribution is -2.27. The molecule has 3 aliphatic carbocycles. The SMILES string of the molecule is CCC1(CC)CC(C)(C)c2cc3c(c(-c4ccc5c6c(cccc46)-c4c-5c(-c5c(C(C)C)cc(C(C)C)cc5C(C)C)c5ccccc5c4-c4c(C(C)C)cc(C(C)C)cc4C(C)C)c21)C(CC)(CC)CC3(C)C. The van der Waals surface area contributed by atoms with E-state index in [0.717, 1.165) is 25.7 Å². The van der Waals surface area contributed by atoms with Gasteiger partial charge in [0.15, 0.2) is 0 Å². The van der Waals surface area contributed by atoms with Crippen LogP contribution in [0.25, 0.3) is 77.2 Å². The van der Waals surface area contributed by atoms with Crippen LogP contribution < -0.4 is 0 Å². The van der Waals surface area contributed by atoms with Crippen molar-refractivity contribution in [2.75, 3.05) is 0 Å².